The molecule has 0 unspecified atom stereocenters. The summed E-state index contributed by atoms with van der Waals surface area (Å²) >= 11 is 9.57. The van der Waals surface area contributed by atoms with Crippen molar-refractivity contribution in [3.8, 4) is 5.75 Å². The second-order valence-corrected chi connectivity index (χ2v) is 4.87. The van der Waals surface area contributed by atoms with Crippen LogP contribution in [0.25, 0.3) is 10.1 Å². The fraction of sp³-hybridized carbons (Fsp3) is 0.200. The first kappa shape index (κ1) is 10.3. The van der Waals surface area contributed by atoms with E-state index in [2.05, 4.69) is 40.7 Å². The lowest BCUT2D eigenvalue weighted by molar-refractivity contribution is 0.421. The first-order valence-corrected chi connectivity index (χ1v) is 6.54. The van der Waals surface area contributed by atoms with Crippen LogP contribution in [-0.4, -0.2) is 7.11 Å². The minimum atomic E-state index is 0.835. The summed E-state index contributed by atoms with van der Waals surface area (Å²) < 4.78 is 6.51. The first-order chi connectivity index (χ1) is 6.76. The molecule has 1 aromatic heterocycles. The van der Waals surface area contributed by atoms with Gasteiger partial charge in [-0.05, 0) is 17.7 Å². The van der Waals surface area contributed by atoms with E-state index in [1.807, 2.05) is 5.38 Å². The molecule has 0 saturated carbocycles. The molecule has 14 heavy (non-hydrogen) atoms. The van der Waals surface area contributed by atoms with Crippen molar-refractivity contribution >= 4 is 50.0 Å². The molecular weight excluding hydrogens is 280 g/mol. The molecule has 0 saturated heterocycles. The summed E-state index contributed by atoms with van der Waals surface area (Å²) in [6.07, 6.45) is 0. The SMILES string of the molecule is COc1csc2cc(CBr)c(S)cc12. The summed E-state index contributed by atoms with van der Waals surface area (Å²) in [5, 5.41) is 4.00. The fourth-order valence-corrected chi connectivity index (χ4v) is 3.25. The Morgan fingerprint density at radius 3 is 2.93 bits per heavy atom. The van der Waals surface area contributed by atoms with Crippen molar-refractivity contribution in [1.82, 2.24) is 0 Å². The van der Waals surface area contributed by atoms with Crippen molar-refractivity contribution in [3.05, 3.63) is 23.1 Å². The van der Waals surface area contributed by atoms with Crippen LogP contribution in [0.3, 0.4) is 0 Å². The number of thiophene rings is 1. The zero-order chi connectivity index (χ0) is 10.1. The van der Waals surface area contributed by atoms with Gasteiger partial charge in [-0.1, -0.05) is 15.9 Å². The maximum atomic E-state index is 5.26. The summed E-state index contributed by atoms with van der Waals surface area (Å²) in [5.41, 5.74) is 1.21. The van der Waals surface area contributed by atoms with E-state index in [0.717, 1.165) is 21.4 Å². The maximum absolute atomic E-state index is 5.26. The number of rotatable bonds is 2. The van der Waals surface area contributed by atoms with Crippen LogP contribution in [0.4, 0.5) is 0 Å². The van der Waals surface area contributed by atoms with Gasteiger partial charge in [-0.15, -0.1) is 24.0 Å². The fourth-order valence-electron chi connectivity index (χ4n) is 1.35. The number of ether oxygens (including phenoxy) is 1. The van der Waals surface area contributed by atoms with E-state index in [1.54, 1.807) is 18.4 Å². The Labute approximate surface area is 101 Å². The van der Waals surface area contributed by atoms with E-state index in [1.165, 1.54) is 10.3 Å². The van der Waals surface area contributed by atoms with Gasteiger partial charge in [-0.25, -0.2) is 0 Å². The molecule has 0 atom stereocenters. The highest BCUT2D eigenvalue weighted by atomic mass is 79.9. The Kier molecular flexibility index (Phi) is 3.04. The topological polar surface area (TPSA) is 9.23 Å². The van der Waals surface area contributed by atoms with Gasteiger partial charge < -0.3 is 4.74 Å². The largest absolute Gasteiger partial charge is 0.495 e. The van der Waals surface area contributed by atoms with Crippen LogP contribution < -0.4 is 4.74 Å². The molecule has 0 fully saturated rings. The number of benzene rings is 1. The predicted molar refractivity (Wildman–Crippen MR) is 68.3 cm³/mol. The average Bonchev–Trinajstić information content (AvgIpc) is 2.58. The van der Waals surface area contributed by atoms with Crippen molar-refractivity contribution < 1.29 is 4.74 Å². The van der Waals surface area contributed by atoms with Gasteiger partial charge in [0.1, 0.15) is 5.75 Å². The van der Waals surface area contributed by atoms with Gasteiger partial charge in [0.05, 0.1) is 7.11 Å². The Hall–Kier alpha value is -0.190. The third-order valence-corrected chi connectivity index (χ3v) is 4.05. The van der Waals surface area contributed by atoms with Gasteiger partial charge in [-0.2, -0.15) is 0 Å². The van der Waals surface area contributed by atoms with Crippen molar-refractivity contribution in [2.45, 2.75) is 10.2 Å². The van der Waals surface area contributed by atoms with Crippen molar-refractivity contribution in [2.24, 2.45) is 0 Å². The molecule has 0 bridgehead atoms. The number of thiol groups is 1. The number of hydrogen-bond donors (Lipinski definition) is 1. The van der Waals surface area contributed by atoms with E-state index in [4.69, 9.17) is 4.74 Å². The van der Waals surface area contributed by atoms with Crippen LogP contribution in [-0.2, 0) is 5.33 Å². The maximum Gasteiger partial charge on any atom is 0.137 e. The molecule has 1 nitrogen and oxygen atoms in total. The molecule has 0 radical (unpaired) electrons. The van der Waals surface area contributed by atoms with E-state index in [9.17, 15) is 0 Å². The van der Waals surface area contributed by atoms with Crippen LogP contribution in [0.15, 0.2) is 22.4 Å². The summed E-state index contributed by atoms with van der Waals surface area (Å²) in [5.74, 6) is 0.932. The van der Waals surface area contributed by atoms with Gasteiger partial charge in [0.25, 0.3) is 0 Å². The average molecular weight is 289 g/mol. The van der Waals surface area contributed by atoms with Gasteiger partial charge in [-0.3, -0.25) is 0 Å². The summed E-state index contributed by atoms with van der Waals surface area (Å²) in [6.45, 7) is 0. The molecule has 0 N–H and O–H groups in total. The quantitative estimate of drug-likeness (QED) is 0.647. The Morgan fingerprint density at radius 2 is 2.29 bits per heavy atom. The smallest absolute Gasteiger partial charge is 0.137 e. The zero-order valence-electron chi connectivity index (χ0n) is 7.58. The molecule has 0 spiro atoms. The van der Waals surface area contributed by atoms with E-state index in [-0.39, 0.29) is 0 Å². The third kappa shape index (κ3) is 1.66. The van der Waals surface area contributed by atoms with Crippen LogP contribution in [0.1, 0.15) is 5.56 Å². The van der Waals surface area contributed by atoms with Gasteiger partial charge >= 0.3 is 0 Å². The lowest BCUT2D eigenvalue weighted by Crippen LogP contribution is -1.82. The highest BCUT2D eigenvalue weighted by Crippen LogP contribution is 2.35. The van der Waals surface area contributed by atoms with E-state index in [0.29, 0.717) is 0 Å². The second kappa shape index (κ2) is 4.13. The van der Waals surface area contributed by atoms with Crippen LogP contribution in [0.2, 0.25) is 0 Å². The van der Waals surface area contributed by atoms with Crippen LogP contribution in [0.5, 0.6) is 5.75 Å². The van der Waals surface area contributed by atoms with Crippen molar-refractivity contribution in [2.75, 3.05) is 7.11 Å². The minimum absolute atomic E-state index is 0.835. The molecule has 74 valence electrons. The molecule has 2 aromatic rings. The minimum Gasteiger partial charge on any atom is -0.495 e. The van der Waals surface area contributed by atoms with Crippen LogP contribution >= 0.6 is 39.9 Å². The highest BCUT2D eigenvalue weighted by Gasteiger charge is 2.07. The first-order valence-electron chi connectivity index (χ1n) is 4.09. The van der Waals surface area contributed by atoms with Gasteiger partial charge in [0, 0.05) is 25.7 Å². The Bertz CT molecular complexity index is 464. The second-order valence-electron chi connectivity index (χ2n) is 2.91. The van der Waals surface area contributed by atoms with Crippen molar-refractivity contribution in [3.63, 3.8) is 0 Å². The Balaban J connectivity index is 2.69. The summed E-state index contributed by atoms with van der Waals surface area (Å²) in [6, 6.07) is 4.21. The molecule has 0 amide bonds. The zero-order valence-corrected chi connectivity index (χ0v) is 10.9. The Morgan fingerprint density at radius 1 is 1.50 bits per heavy atom. The molecule has 0 aliphatic heterocycles. The van der Waals surface area contributed by atoms with Gasteiger partial charge in [0.15, 0.2) is 0 Å². The molecular formula is C10H9BrOS2. The molecule has 0 aliphatic carbocycles. The molecule has 2 rings (SSSR count). The lowest BCUT2D eigenvalue weighted by Gasteiger charge is -2.02. The van der Waals surface area contributed by atoms with Crippen LogP contribution in [0, 0.1) is 0 Å². The summed E-state index contributed by atoms with van der Waals surface area (Å²) in [4.78, 5) is 1.01. The monoisotopic (exact) mass is 288 g/mol. The molecule has 0 aliphatic rings. The molecule has 1 aromatic carbocycles. The highest BCUT2D eigenvalue weighted by molar-refractivity contribution is 9.08. The predicted octanol–water partition coefficient (Wildman–Crippen LogP) is 4.09. The third-order valence-electron chi connectivity index (χ3n) is 2.10. The van der Waals surface area contributed by atoms with Gasteiger partial charge in [0.2, 0.25) is 0 Å². The van der Waals surface area contributed by atoms with Crippen molar-refractivity contribution in [1.29, 1.82) is 0 Å². The number of hydrogen-bond acceptors (Lipinski definition) is 3. The van der Waals surface area contributed by atoms with E-state index >= 15 is 0 Å². The molecule has 1 heterocycles. The number of methoxy groups -OCH3 is 1. The lowest BCUT2D eigenvalue weighted by atomic mass is 10.2. The standard InChI is InChI=1S/C10H9BrOS2/c1-12-8-5-14-10-2-6(4-11)9(13)3-7(8)10/h2-3,5,13H,4H2,1H3. The number of halogens is 1. The summed E-state index contributed by atoms with van der Waals surface area (Å²) in [7, 11) is 1.69. The number of fused-ring (bicyclic) bond motifs is 1. The van der Waals surface area contributed by atoms with E-state index < -0.39 is 0 Å². The molecule has 4 heteroatoms. The number of alkyl halides is 1. The normalized spacial score (nSPS) is 10.8.